The van der Waals surface area contributed by atoms with Crippen LogP contribution in [0.25, 0.3) is 23.0 Å². The summed E-state index contributed by atoms with van der Waals surface area (Å²) in [4.78, 5) is 18.3. The number of aromatic amines is 1. The summed E-state index contributed by atoms with van der Waals surface area (Å²) in [5.74, 6) is 1.47. The Labute approximate surface area is 184 Å². The van der Waals surface area contributed by atoms with Crippen molar-refractivity contribution >= 4 is 17.7 Å². The van der Waals surface area contributed by atoms with E-state index in [1.54, 1.807) is 4.90 Å². The number of piperidine rings is 1. The largest absolute Gasteiger partial charge is 0.490 e. The van der Waals surface area contributed by atoms with Crippen molar-refractivity contribution in [3.05, 3.63) is 35.5 Å². The van der Waals surface area contributed by atoms with Crippen LogP contribution in [0.15, 0.2) is 35.0 Å². The van der Waals surface area contributed by atoms with Crippen molar-refractivity contribution in [2.45, 2.75) is 45.3 Å². The van der Waals surface area contributed by atoms with Crippen molar-refractivity contribution < 1.29 is 18.8 Å². The second kappa shape index (κ2) is 8.58. The molecular weight excluding hydrogens is 422 g/mol. The Morgan fingerprint density at radius 1 is 1.23 bits per heavy atom. The molecule has 2 aromatic heterocycles. The molecule has 1 aliphatic heterocycles. The van der Waals surface area contributed by atoms with Gasteiger partial charge >= 0.3 is 6.09 Å². The zero-order valence-electron chi connectivity index (χ0n) is 17.6. The topological polar surface area (TPSA) is 106 Å². The van der Waals surface area contributed by atoms with E-state index >= 15 is 0 Å². The van der Waals surface area contributed by atoms with E-state index in [-0.39, 0.29) is 18.1 Å². The molecule has 1 amide bonds. The quantitative estimate of drug-likeness (QED) is 0.627. The number of carbonyl (C=O) groups is 1. The molecule has 164 valence electrons. The van der Waals surface area contributed by atoms with Crippen molar-refractivity contribution in [3.63, 3.8) is 0 Å². The Bertz CT molecular complexity index is 1030. The lowest BCUT2D eigenvalue weighted by Gasteiger charge is -2.33. The fourth-order valence-electron chi connectivity index (χ4n) is 3.22. The van der Waals surface area contributed by atoms with E-state index in [0.717, 1.165) is 24.2 Å². The van der Waals surface area contributed by atoms with Gasteiger partial charge in [0.15, 0.2) is 0 Å². The summed E-state index contributed by atoms with van der Waals surface area (Å²) in [6, 6.07) is 7.48. The second-order valence-electron chi connectivity index (χ2n) is 8.33. The van der Waals surface area contributed by atoms with E-state index < -0.39 is 5.60 Å². The molecule has 4 rings (SSSR count). The molecule has 3 heterocycles. The summed E-state index contributed by atoms with van der Waals surface area (Å²) in [5, 5.41) is 11.0. The molecule has 0 bridgehead atoms. The second-order valence-corrected chi connectivity index (χ2v) is 8.73. The van der Waals surface area contributed by atoms with E-state index in [0.29, 0.717) is 29.6 Å². The van der Waals surface area contributed by atoms with Gasteiger partial charge < -0.3 is 18.9 Å². The zero-order valence-corrected chi connectivity index (χ0v) is 18.3. The number of halogens is 1. The standard InChI is InChI=1S/C21H24ClN5O4/c1-21(2,3)30-20(28)27-10-8-15(9-11-27)29-14-6-4-13(5-7-14)18-24-19(31-26-18)17-16(22)12-23-25-17/h4-7,12,15H,8-11H2,1-3H3,(H,23,25). The van der Waals surface area contributed by atoms with Crippen LogP contribution in [0, 0.1) is 0 Å². The number of H-pyrrole nitrogens is 1. The molecular formula is C21H24ClN5O4. The summed E-state index contributed by atoms with van der Waals surface area (Å²) in [5.41, 5.74) is 0.784. The van der Waals surface area contributed by atoms with Crippen molar-refractivity contribution in [1.82, 2.24) is 25.2 Å². The van der Waals surface area contributed by atoms with Crippen LogP contribution >= 0.6 is 11.6 Å². The molecule has 0 saturated carbocycles. The number of nitrogens with zero attached hydrogens (tertiary/aromatic N) is 4. The highest BCUT2D eigenvalue weighted by molar-refractivity contribution is 6.32. The van der Waals surface area contributed by atoms with Gasteiger partial charge in [0.2, 0.25) is 5.82 Å². The van der Waals surface area contributed by atoms with Crippen LogP contribution in [0.5, 0.6) is 5.75 Å². The first-order valence-electron chi connectivity index (χ1n) is 10.1. The number of hydrogen-bond donors (Lipinski definition) is 1. The maximum Gasteiger partial charge on any atom is 0.410 e. The number of carbonyl (C=O) groups excluding carboxylic acids is 1. The van der Waals surface area contributed by atoms with Gasteiger partial charge in [0, 0.05) is 31.5 Å². The van der Waals surface area contributed by atoms with E-state index in [1.165, 1.54) is 6.20 Å². The van der Waals surface area contributed by atoms with Gasteiger partial charge in [0.25, 0.3) is 5.89 Å². The SMILES string of the molecule is CC(C)(C)OC(=O)N1CCC(Oc2ccc(-c3noc(-c4[nH]ncc4Cl)n3)cc2)CC1. The van der Waals surface area contributed by atoms with Crippen LogP contribution < -0.4 is 4.74 Å². The van der Waals surface area contributed by atoms with Crippen LogP contribution in [0.1, 0.15) is 33.6 Å². The highest BCUT2D eigenvalue weighted by Gasteiger charge is 2.27. The van der Waals surface area contributed by atoms with Gasteiger partial charge in [-0.2, -0.15) is 10.1 Å². The van der Waals surface area contributed by atoms with Crippen LogP contribution in [0.4, 0.5) is 4.79 Å². The number of amides is 1. The molecule has 10 heteroatoms. The minimum Gasteiger partial charge on any atom is -0.490 e. The smallest absolute Gasteiger partial charge is 0.410 e. The normalized spacial score (nSPS) is 15.2. The van der Waals surface area contributed by atoms with Crippen LogP contribution in [0.2, 0.25) is 5.02 Å². The van der Waals surface area contributed by atoms with Gasteiger partial charge in [-0.05, 0) is 45.0 Å². The molecule has 1 fully saturated rings. The summed E-state index contributed by atoms with van der Waals surface area (Å²) in [7, 11) is 0. The molecule has 1 aliphatic rings. The third-order valence-corrected chi connectivity index (χ3v) is 5.03. The van der Waals surface area contributed by atoms with E-state index in [2.05, 4.69) is 20.3 Å². The fourth-order valence-corrected chi connectivity index (χ4v) is 3.39. The molecule has 0 aliphatic carbocycles. The highest BCUT2D eigenvalue weighted by Crippen LogP contribution is 2.27. The molecule has 3 aromatic rings. The number of benzene rings is 1. The third kappa shape index (κ3) is 5.16. The van der Waals surface area contributed by atoms with Crippen LogP contribution in [-0.4, -0.2) is 56.1 Å². The molecule has 0 atom stereocenters. The number of ether oxygens (including phenoxy) is 2. The van der Waals surface area contributed by atoms with Gasteiger partial charge in [0.05, 0.1) is 11.2 Å². The summed E-state index contributed by atoms with van der Waals surface area (Å²) in [6.07, 6.45) is 2.75. The van der Waals surface area contributed by atoms with E-state index in [4.69, 9.17) is 25.6 Å². The molecule has 0 unspecified atom stereocenters. The van der Waals surface area contributed by atoms with Crippen LogP contribution in [0.3, 0.4) is 0 Å². The maximum absolute atomic E-state index is 12.2. The minimum atomic E-state index is -0.490. The monoisotopic (exact) mass is 445 g/mol. The van der Waals surface area contributed by atoms with Crippen LogP contribution in [-0.2, 0) is 4.74 Å². The van der Waals surface area contributed by atoms with Gasteiger partial charge in [0.1, 0.15) is 23.1 Å². The molecule has 1 aromatic carbocycles. The minimum absolute atomic E-state index is 0.0452. The summed E-state index contributed by atoms with van der Waals surface area (Å²) in [6.45, 7) is 6.82. The Hall–Kier alpha value is -3.07. The molecule has 1 saturated heterocycles. The van der Waals surface area contributed by atoms with Crippen molar-refractivity contribution in [1.29, 1.82) is 0 Å². The van der Waals surface area contributed by atoms with Gasteiger partial charge in [-0.25, -0.2) is 4.79 Å². The van der Waals surface area contributed by atoms with Crippen molar-refractivity contribution in [3.8, 4) is 28.7 Å². The summed E-state index contributed by atoms with van der Waals surface area (Å²) >= 11 is 6.03. The third-order valence-electron chi connectivity index (χ3n) is 4.74. The first-order valence-corrected chi connectivity index (χ1v) is 10.4. The number of rotatable bonds is 4. The zero-order chi connectivity index (χ0) is 22.0. The Balaban J connectivity index is 1.32. The number of aromatic nitrogens is 4. The summed E-state index contributed by atoms with van der Waals surface area (Å²) < 4.78 is 16.8. The lowest BCUT2D eigenvalue weighted by atomic mass is 10.1. The van der Waals surface area contributed by atoms with Crippen molar-refractivity contribution in [2.24, 2.45) is 0 Å². The molecule has 1 N–H and O–H groups in total. The predicted molar refractivity (Wildman–Crippen MR) is 114 cm³/mol. The molecule has 31 heavy (non-hydrogen) atoms. The lowest BCUT2D eigenvalue weighted by Crippen LogP contribution is -2.44. The highest BCUT2D eigenvalue weighted by atomic mass is 35.5. The molecule has 0 radical (unpaired) electrons. The number of likely N-dealkylation sites (tertiary alicyclic amines) is 1. The average molecular weight is 446 g/mol. The Kier molecular flexibility index (Phi) is 5.86. The average Bonchev–Trinajstić information content (AvgIpc) is 3.37. The van der Waals surface area contributed by atoms with Crippen molar-refractivity contribution in [2.75, 3.05) is 13.1 Å². The number of nitrogens with one attached hydrogen (secondary N) is 1. The fraction of sp³-hybridized carbons (Fsp3) is 0.429. The lowest BCUT2D eigenvalue weighted by molar-refractivity contribution is 0.0126. The maximum atomic E-state index is 12.2. The van der Waals surface area contributed by atoms with E-state index in [1.807, 2.05) is 45.0 Å². The van der Waals surface area contributed by atoms with Gasteiger partial charge in [-0.3, -0.25) is 5.10 Å². The Morgan fingerprint density at radius 2 is 1.94 bits per heavy atom. The first-order chi connectivity index (χ1) is 14.8. The molecule has 0 spiro atoms. The van der Waals surface area contributed by atoms with Gasteiger partial charge in [-0.1, -0.05) is 16.8 Å². The Morgan fingerprint density at radius 3 is 2.55 bits per heavy atom. The predicted octanol–water partition coefficient (Wildman–Crippen LogP) is 4.56. The molecule has 9 nitrogen and oxygen atoms in total. The van der Waals surface area contributed by atoms with E-state index in [9.17, 15) is 4.79 Å². The number of hydrogen-bond acceptors (Lipinski definition) is 7. The first kappa shape index (κ1) is 21.2. The van der Waals surface area contributed by atoms with Gasteiger partial charge in [-0.15, -0.1) is 0 Å².